The van der Waals surface area contributed by atoms with Gasteiger partial charge in [0.2, 0.25) is 0 Å². The largest absolute Gasteiger partial charge is 0.302 e. The van der Waals surface area contributed by atoms with Crippen LogP contribution in [0.2, 0.25) is 0 Å². The van der Waals surface area contributed by atoms with Crippen LogP contribution in [0.15, 0.2) is 0 Å². The first kappa shape index (κ1) is 14.4. The second kappa shape index (κ2) is 7.65. The van der Waals surface area contributed by atoms with Gasteiger partial charge in [0, 0.05) is 24.2 Å². The monoisotopic (exact) mass is 285 g/mol. The van der Waals surface area contributed by atoms with Gasteiger partial charge in [-0.25, -0.2) is 8.42 Å². The van der Waals surface area contributed by atoms with E-state index in [2.05, 4.69) is 27.8 Å². The average Bonchev–Trinajstić information content (AvgIpc) is 2.12. The minimum Gasteiger partial charge on any atom is -0.302 e. The topological polar surface area (TPSA) is 37.4 Å². The van der Waals surface area contributed by atoms with E-state index in [4.69, 9.17) is 0 Å². The Hall–Kier alpha value is 0.390. The number of sulfone groups is 1. The first-order chi connectivity index (χ1) is 6.55. The highest BCUT2D eigenvalue weighted by Crippen LogP contribution is 1.97. The molecular formula is C9H20BrNO2S. The van der Waals surface area contributed by atoms with Gasteiger partial charge in [-0.05, 0) is 13.0 Å². The van der Waals surface area contributed by atoms with Gasteiger partial charge in [-0.15, -0.1) is 0 Å². The van der Waals surface area contributed by atoms with Crippen LogP contribution in [0.3, 0.4) is 0 Å². The number of halogens is 1. The molecule has 0 aliphatic carbocycles. The van der Waals surface area contributed by atoms with Crippen molar-refractivity contribution >= 4 is 25.8 Å². The summed E-state index contributed by atoms with van der Waals surface area (Å²) in [7, 11) is -2.81. The standard InChI is InChI=1S/C9H20BrNO2S/c1-3-8-14(12,13)9-7-11(4-2)6-5-10/h3-9H2,1-2H3. The van der Waals surface area contributed by atoms with Crippen molar-refractivity contribution in [2.75, 3.05) is 36.5 Å². The van der Waals surface area contributed by atoms with Crippen molar-refractivity contribution in [2.24, 2.45) is 0 Å². The lowest BCUT2D eigenvalue weighted by atomic mass is 10.5. The Bertz CT molecular complexity index is 229. The molecule has 5 heteroatoms. The number of alkyl halides is 1. The molecule has 0 saturated carbocycles. The van der Waals surface area contributed by atoms with Crippen molar-refractivity contribution in [2.45, 2.75) is 20.3 Å². The summed E-state index contributed by atoms with van der Waals surface area (Å²) in [6.07, 6.45) is 0.715. The van der Waals surface area contributed by atoms with Crippen LogP contribution in [0.4, 0.5) is 0 Å². The fourth-order valence-corrected chi connectivity index (χ4v) is 3.09. The zero-order valence-electron chi connectivity index (χ0n) is 9.00. The van der Waals surface area contributed by atoms with Crippen LogP contribution < -0.4 is 0 Å². The van der Waals surface area contributed by atoms with E-state index in [1.165, 1.54) is 0 Å². The van der Waals surface area contributed by atoms with Crippen molar-refractivity contribution < 1.29 is 8.42 Å². The van der Waals surface area contributed by atoms with Gasteiger partial charge in [-0.3, -0.25) is 0 Å². The number of hydrogen-bond acceptors (Lipinski definition) is 3. The van der Waals surface area contributed by atoms with Gasteiger partial charge >= 0.3 is 0 Å². The van der Waals surface area contributed by atoms with Crippen LogP contribution in [-0.2, 0) is 9.84 Å². The summed E-state index contributed by atoms with van der Waals surface area (Å²) in [5, 5.41) is 0.897. The van der Waals surface area contributed by atoms with E-state index in [-0.39, 0.29) is 0 Å². The Morgan fingerprint density at radius 3 is 2.21 bits per heavy atom. The highest BCUT2D eigenvalue weighted by molar-refractivity contribution is 9.09. The first-order valence-corrected chi connectivity index (χ1v) is 7.98. The van der Waals surface area contributed by atoms with Crippen molar-refractivity contribution in [1.82, 2.24) is 4.90 Å². The molecule has 0 rings (SSSR count). The predicted molar refractivity (Wildman–Crippen MR) is 64.9 cm³/mol. The molecule has 0 atom stereocenters. The summed E-state index contributed by atoms with van der Waals surface area (Å²) in [4.78, 5) is 2.14. The second-order valence-corrected chi connectivity index (χ2v) is 6.37. The van der Waals surface area contributed by atoms with Gasteiger partial charge in [-0.2, -0.15) is 0 Å². The Morgan fingerprint density at radius 2 is 1.79 bits per heavy atom. The van der Waals surface area contributed by atoms with E-state index in [1.807, 2.05) is 6.92 Å². The molecular weight excluding hydrogens is 266 g/mol. The highest BCUT2D eigenvalue weighted by Gasteiger charge is 2.11. The SMILES string of the molecule is CCCS(=O)(=O)CCN(CC)CCBr. The Labute approximate surface area is 95.9 Å². The fraction of sp³-hybridized carbons (Fsp3) is 1.00. The van der Waals surface area contributed by atoms with Crippen LogP contribution >= 0.6 is 15.9 Å². The number of nitrogens with zero attached hydrogens (tertiary/aromatic N) is 1. The molecule has 0 N–H and O–H groups in total. The molecule has 0 bridgehead atoms. The Kier molecular flexibility index (Phi) is 7.86. The molecule has 0 radical (unpaired) electrons. The molecule has 0 spiro atoms. The molecule has 0 aromatic carbocycles. The lowest BCUT2D eigenvalue weighted by molar-refractivity contribution is 0.325. The molecule has 14 heavy (non-hydrogen) atoms. The van der Waals surface area contributed by atoms with E-state index in [0.717, 1.165) is 18.4 Å². The zero-order valence-corrected chi connectivity index (χ0v) is 11.4. The second-order valence-electron chi connectivity index (χ2n) is 3.28. The lowest BCUT2D eigenvalue weighted by Gasteiger charge is -2.18. The molecule has 0 aliphatic rings. The quantitative estimate of drug-likeness (QED) is 0.635. The summed E-state index contributed by atoms with van der Waals surface area (Å²) in [6.45, 7) is 6.43. The maximum Gasteiger partial charge on any atom is 0.151 e. The molecule has 0 saturated heterocycles. The summed E-state index contributed by atoms with van der Waals surface area (Å²) < 4.78 is 22.8. The van der Waals surface area contributed by atoms with Gasteiger partial charge in [0.1, 0.15) is 0 Å². The van der Waals surface area contributed by atoms with Crippen molar-refractivity contribution in [3.63, 3.8) is 0 Å². The van der Waals surface area contributed by atoms with Crippen LogP contribution in [0.25, 0.3) is 0 Å². The Morgan fingerprint density at radius 1 is 1.14 bits per heavy atom. The van der Waals surface area contributed by atoms with Crippen molar-refractivity contribution in [3.8, 4) is 0 Å². The third-order valence-corrected chi connectivity index (χ3v) is 4.27. The van der Waals surface area contributed by atoms with E-state index >= 15 is 0 Å². The van der Waals surface area contributed by atoms with Gasteiger partial charge in [-0.1, -0.05) is 29.8 Å². The van der Waals surface area contributed by atoms with Crippen molar-refractivity contribution in [1.29, 1.82) is 0 Å². The normalized spacial score (nSPS) is 12.3. The third kappa shape index (κ3) is 6.79. The molecule has 0 fully saturated rings. The van der Waals surface area contributed by atoms with E-state index in [1.54, 1.807) is 0 Å². The van der Waals surface area contributed by atoms with Crippen molar-refractivity contribution in [3.05, 3.63) is 0 Å². The summed E-state index contributed by atoms with van der Waals surface area (Å²) in [5.74, 6) is 0.612. The minimum atomic E-state index is -2.81. The molecule has 0 heterocycles. The smallest absolute Gasteiger partial charge is 0.151 e. The molecule has 0 aliphatic heterocycles. The van der Waals surface area contributed by atoms with Gasteiger partial charge in [0.25, 0.3) is 0 Å². The maximum absolute atomic E-state index is 11.4. The molecule has 0 amide bonds. The predicted octanol–water partition coefficient (Wildman–Crippen LogP) is 1.53. The van der Waals surface area contributed by atoms with Crippen LogP contribution in [0, 0.1) is 0 Å². The molecule has 0 aromatic rings. The highest BCUT2D eigenvalue weighted by atomic mass is 79.9. The minimum absolute atomic E-state index is 0.293. The zero-order chi connectivity index (χ0) is 11.0. The van der Waals surface area contributed by atoms with E-state index < -0.39 is 9.84 Å². The van der Waals surface area contributed by atoms with Gasteiger partial charge in [0.15, 0.2) is 9.84 Å². The molecule has 0 unspecified atom stereocenters. The number of hydrogen-bond donors (Lipinski definition) is 0. The summed E-state index contributed by atoms with van der Waals surface area (Å²) >= 11 is 3.35. The van der Waals surface area contributed by atoms with Crippen LogP contribution in [0.1, 0.15) is 20.3 Å². The Balaban J connectivity index is 3.89. The molecule has 3 nitrogen and oxygen atoms in total. The summed E-state index contributed by atoms with van der Waals surface area (Å²) in [6, 6.07) is 0. The summed E-state index contributed by atoms with van der Waals surface area (Å²) in [5.41, 5.74) is 0. The van der Waals surface area contributed by atoms with Gasteiger partial charge in [0.05, 0.1) is 5.75 Å². The van der Waals surface area contributed by atoms with Crippen LogP contribution in [0.5, 0.6) is 0 Å². The molecule has 86 valence electrons. The fourth-order valence-electron chi connectivity index (χ4n) is 1.23. The first-order valence-electron chi connectivity index (χ1n) is 5.04. The van der Waals surface area contributed by atoms with E-state index in [9.17, 15) is 8.42 Å². The van der Waals surface area contributed by atoms with Gasteiger partial charge < -0.3 is 4.90 Å². The number of rotatable bonds is 8. The van der Waals surface area contributed by atoms with Crippen LogP contribution in [-0.4, -0.2) is 49.8 Å². The lowest BCUT2D eigenvalue weighted by Crippen LogP contribution is -2.31. The molecule has 0 aromatic heterocycles. The average molecular weight is 286 g/mol. The van der Waals surface area contributed by atoms with E-state index in [0.29, 0.717) is 24.5 Å². The maximum atomic E-state index is 11.4. The third-order valence-electron chi connectivity index (χ3n) is 2.08.